The van der Waals surface area contributed by atoms with Crippen molar-refractivity contribution >= 4 is 29.1 Å². The van der Waals surface area contributed by atoms with Crippen molar-refractivity contribution in [1.29, 1.82) is 0 Å². The fourth-order valence-electron chi connectivity index (χ4n) is 4.30. The van der Waals surface area contributed by atoms with Gasteiger partial charge in [-0.1, -0.05) is 23.8 Å². The molecule has 176 valence electrons. The highest BCUT2D eigenvalue weighted by atomic mass is 16.5. The van der Waals surface area contributed by atoms with Crippen LogP contribution in [0.1, 0.15) is 33.1 Å². The van der Waals surface area contributed by atoms with Crippen molar-refractivity contribution in [1.82, 2.24) is 9.88 Å². The van der Waals surface area contributed by atoms with Gasteiger partial charge in [-0.05, 0) is 54.8 Å². The Balaban J connectivity index is 1.61. The van der Waals surface area contributed by atoms with Crippen LogP contribution in [0.25, 0.3) is 0 Å². The predicted molar refractivity (Wildman–Crippen MR) is 131 cm³/mol. The number of carbonyl (C=O) groups excluding carboxylic acids is 1. The molecule has 0 unspecified atom stereocenters. The van der Waals surface area contributed by atoms with E-state index >= 15 is 0 Å². The number of carboxylic acid groups (broad SMARTS) is 1. The number of hydrogen-bond acceptors (Lipinski definition) is 6. The highest BCUT2D eigenvalue weighted by Gasteiger charge is 2.31. The number of anilines is 3. The molecule has 0 spiro atoms. The fraction of sp³-hybridized carbons (Fsp3) is 0.269. The quantitative estimate of drug-likeness (QED) is 0.518. The molecule has 0 radical (unpaired) electrons. The molecular weight excluding hydrogens is 432 g/mol. The summed E-state index contributed by atoms with van der Waals surface area (Å²) in [6, 6.07) is 15.6. The zero-order valence-corrected chi connectivity index (χ0v) is 19.5. The minimum Gasteiger partial charge on any atom is -0.465 e. The van der Waals surface area contributed by atoms with E-state index in [1.807, 2.05) is 19.2 Å². The topological polar surface area (TPSA) is 95.0 Å². The van der Waals surface area contributed by atoms with Crippen LogP contribution < -0.4 is 10.2 Å². The second kappa shape index (κ2) is 9.82. The molecule has 2 aromatic carbocycles. The summed E-state index contributed by atoms with van der Waals surface area (Å²) in [4.78, 5) is 31.7. The van der Waals surface area contributed by atoms with E-state index < -0.39 is 18.1 Å². The second-order valence-electron chi connectivity index (χ2n) is 8.31. The summed E-state index contributed by atoms with van der Waals surface area (Å²) in [7, 11) is 3.34. The van der Waals surface area contributed by atoms with E-state index in [0.29, 0.717) is 30.8 Å². The number of nitrogens with one attached hydrogen (secondary N) is 1. The van der Waals surface area contributed by atoms with Gasteiger partial charge in [0.15, 0.2) is 0 Å². The van der Waals surface area contributed by atoms with E-state index in [1.54, 1.807) is 12.3 Å². The summed E-state index contributed by atoms with van der Waals surface area (Å²) < 4.78 is 4.85. The standard InChI is InChI=1S/C26H28N4O4/c1-17-4-6-19(7-5-17)29(2)20-8-9-21-18(14-20)11-13-30(26(32)33)24(21)16-28-23-15-27-12-10-22(23)25(31)34-3/h4-10,12,14-15,24,28H,11,13,16H2,1-3H3,(H,32,33)/t24-/m0/s1. The Morgan fingerprint density at radius 2 is 1.91 bits per heavy atom. The summed E-state index contributed by atoms with van der Waals surface area (Å²) in [5, 5.41) is 13.0. The number of pyridine rings is 1. The highest BCUT2D eigenvalue weighted by molar-refractivity contribution is 5.95. The minimum atomic E-state index is -0.974. The lowest BCUT2D eigenvalue weighted by Crippen LogP contribution is -2.42. The Morgan fingerprint density at radius 3 is 2.62 bits per heavy atom. The van der Waals surface area contributed by atoms with Crippen molar-refractivity contribution < 1.29 is 19.4 Å². The monoisotopic (exact) mass is 460 g/mol. The molecule has 8 nitrogen and oxygen atoms in total. The maximum Gasteiger partial charge on any atom is 0.407 e. The van der Waals surface area contributed by atoms with Gasteiger partial charge >= 0.3 is 12.1 Å². The molecule has 1 aliphatic rings. The predicted octanol–water partition coefficient (Wildman–Crippen LogP) is 4.63. The maximum absolute atomic E-state index is 12.1. The van der Waals surface area contributed by atoms with Crippen LogP contribution >= 0.6 is 0 Å². The third kappa shape index (κ3) is 4.66. The van der Waals surface area contributed by atoms with Gasteiger partial charge in [-0.3, -0.25) is 9.88 Å². The number of ether oxygens (including phenoxy) is 1. The van der Waals surface area contributed by atoms with Crippen LogP contribution in [-0.2, 0) is 11.2 Å². The number of aromatic nitrogens is 1. The Hall–Kier alpha value is -4.07. The molecule has 1 atom stereocenters. The van der Waals surface area contributed by atoms with Crippen molar-refractivity contribution in [2.24, 2.45) is 0 Å². The Kier molecular flexibility index (Phi) is 6.67. The Bertz CT molecular complexity index is 1200. The first-order valence-electron chi connectivity index (χ1n) is 11.1. The molecule has 0 bridgehead atoms. The summed E-state index contributed by atoms with van der Waals surface area (Å²) in [5.74, 6) is -0.479. The van der Waals surface area contributed by atoms with Gasteiger partial charge in [0.25, 0.3) is 0 Å². The van der Waals surface area contributed by atoms with E-state index in [1.165, 1.54) is 23.8 Å². The number of rotatable bonds is 6. The maximum atomic E-state index is 12.1. The summed E-state index contributed by atoms with van der Waals surface area (Å²) in [5.41, 5.74) is 6.24. The average Bonchev–Trinajstić information content (AvgIpc) is 2.86. The van der Waals surface area contributed by atoms with Crippen LogP contribution in [-0.4, -0.2) is 54.3 Å². The molecule has 8 heteroatoms. The molecule has 1 aliphatic heterocycles. The largest absolute Gasteiger partial charge is 0.465 e. The normalized spacial score (nSPS) is 14.8. The molecule has 3 aromatic rings. The minimum absolute atomic E-state index is 0.294. The zero-order chi connectivity index (χ0) is 24.2. The summed E-state index contributed by atoms with van der Waals surface area (Å²) >= 11 is 0. The molecule has 0 fully saturated rings. The average molecular weight is 461 g/mol. The first-order valence-corrected chi connectivity index (χ1v) is 11.1. The molecule has 2 N–H and O–H groups in total. The molecule has 2 heterocycles. The van der Waals surface area contributed by atoms with Gasteiger partial charge in [-0.25, -0.2) is 9.59 Å². The van der Waals surface area contributed by atoms with Crippen LogP contribution in [0.5, 0.6) is 0 Å². The number of amides is 1. The number of aryl methyl sites for hydroxylation is 1. The molecule has 0 saturated heterocycles. The first kappa shape index (κ1) is 23.1. The van der Waals surface area contributed by atoms with Crippen LogP contribution in [0.15, 0.2) is 60.9 Å². The van der Waals surface area contributed by atoms with Crippen molar-refractivity contribution in [2.75, 3.05) is 37.5 Å². The third-order valence-electron chi connectivity index (χ3n) is 6.25. The molecule has 4 rings (SSSR count). The molecule has 0 aliphatic carbocycles. The highest BCUT2D eigenvalue weighted by Crippen LogP contribution is 2.34. The van der Waals surface area contributed by atoms with Gasteiger partial charge in [0, 0.05) is 37.7 Å². The Morgan fingerprint density at radius 1 is 1.18 bits per heavy atom. The number of hydrogen-bond donors (Lipinski definition) is 2. The van der Waals surface area contributed by atoms with E-state index in [2.05, 4.69) is 52.5 Å². The van der Waals surface area contributed by atoms with Gasteiger partial charge in [0.2, 0.25) is 0 Å². The molecule has 34 heavy (non-hydrogen) atoms. The van der Waals surface area contributed by atoms with Crippen molar-refractivity contribution in [3.8, 4) is 0 Å². The summed E-state index contributed by atoms with van der Waals surface area (Å²) in [6.45, 7) is 2.75. The van der Waals surface area contributed by atoms with Gasteiger partial charge < -0.3 is 20.1 Å². The lowest BCUT2D eigenvalue weighted by atomic mass is 9.92. The van der Waals surface area contributed by atoms with Crippen LogP contribution in [0.4, 0.5) is 21.9 Å². The SMILES string of the molecule is COC(=O)c1ccncc1NC[C@H]1c2ccc(N(C)c3ccc(C)cc3)cc2CCN1C(=O)O. The number of fused-ring (bicyclic) bond motifs is 1. The van der Waals surface area contributed by atoms with Crippen molar-refractivity contribution in [3.05, 3.63) is 83.2 Å². The van der Waals surface area contributed by atoms with Crippen molar-refractivity contribution in [2.45, 2.75) is 19.4 Å². The van der Waals surface area contributed by atoms with E-state index in [0.717, 1.165) is 22.5 Å². The van der Waals surface area contributed by atoms with Gasteiger partial charge in [0.05, 0.1) is 30.6 Å². The van der Waals surface area contributed by atoms with Gasteiger partial charge in [-0.2, -0.15) is 0 Å². The molecular formula is C26H28N4O4. The van der Waals surface area contributed by atoms with Crippen LogP contribution in [0, 0.1) is 6.92 Å². The molecule has 0 saturated carbocycles. The first-order chi connectivity index (χ1) is 16.4. The smallest absolute Gasteiger partial charge is 0.407 e. The third-order valence-corrected chi connectivity index (χ3v) is 6.25. The zero-order valence-electron chi connectivity index (χ0n) is 19.5. The number of esters is 1. The summed E-state index contributed by atoms with van der Waals surface area (Å²) in [6.07, 6.45) is 2.72. The number of nitrogens with zero attached hydrogens (tertiary/aromatic N) is 3. The van der Waals surface area contributed by atoms with Gasteiger partial charge in [-0.15, -0.1) is 0 Å². The van der Waals surface area contributed by atoms with Crippen LogP contribution in [0.2, 0.25) is 0 Å². The molecule has 1 amide bonds. The van der Waals surface area contributed by atoms with Crippen molar-refractivity contribution in [3.63, 3.8) is 0 Å². The molecule has 1 aromatic heterocycles. The van der Waals surface area contributed by atoms with Crippen LogP contribution in [0.3, 0.4) is 0 Å². The second-order valence-corrected chi connectivity index (χ2v) is 8.31. The van der Waals surface area contributed by atoms with E-state index in [4.69, 9.17) is 4.74 Å². The number of carbonyl (C=O) groups is 2. The Labute approximate surface area is 198 Å². The van der Waals surface area contributed by atoms with Gasteiger partial charge in [0.1, 0.15) is 0 Å². The number of benzene rings is 2. The van der Waals surface area contributed by atoms with E-state index in [9.17, 15) is 14.7 Å². The van der Waals surface area contributed by atoms with E-state index in [-0.39, 0.29) is 0 Å². The number of methoxy groups -OCH3 is 1. The lowest BCUT2D eigenvalue weighted by Gasteiger charge is -2.36. The lowest BCUT2D eigenvalue weighted by molar-refractivity contribution is 0.0601. The fourth-order valence-corrected chi connectivity index (χ4v) is 4.30.